The molecule has 7 heteroatoms. The van der Waals surface area contributed by atoms with Gasteiger partial charge < -0.3 is 15.7 Å². The maximum Gasteiger partial charge on any atom is 0.326 e. The van der Waals surface area contributed by atoms with Gasteiger partial charge in [-0.25, -0.2) is 9.18 Å². The van der Waals surface area contributed by atoms with E-state index in [0.29, 0.717) is 12.8 Å². The Hall–Kier alpha value is -2.88. The molecule has 1 aromatic carbocycles. The summed E-state index contributed by atoms with van der Waals surface area (Å²) in [6.45, 7) is 1.23. The Bertz CT molecular complexity index is 669. The fourth-order valence-corrected chi connectivity index (χ4v) is 2.28. The zero-order chi connectivity index (χ0) is 18.8. The van der Waals surface area contributed by atoms with Gasteiger partial charge in [-0.15, -0.1) is 12.3 Å². The normalized spacial score (nSPS) is 12.5. The van der Waals surface area contributed by atoms with Crippen molar-refractivity contribution in [3.05, 3.63) is 35.6 Å². The summed E-state index contributed by atoms with van der Waals surface area (Å²) in [5.74, 6) is -0.467. The van der Waals surface area contributed by atoms with Crippen LogP contribution in [0.5, 0.6) is 0 Å². The molecule has 0 aliphatic heterocycles. The smallest absolute Gasteiger partial charge is 0.326 e. The second-order valence-electron chi connectivity index (χ2n) is 5.54. The molecule has 1 aromatic rings. The zero-order valence-electron chi connectivity index (χ0n) is 13.9. The summed E-state index contributed by atoms with van der Waals surface area (Å²) in [7, 11) is 0. The Morgan fingerprint density at radius 2 is 1.92 bits per heavy atom. The van der Waals surface area contributed by atoms with Gasteiger partial charge in [0.15, 0.2) is 0 Å². The van der Waals surface area contributed by atoms with Gasteiger partial charge in [0.05, 0.1) is 0 Å². The zero-order valence-corrected chi connectivity index (χ0v) is 13.9. The number of aliphatic carboxylic acids is 1. The second kappa shape index (κ2) is 10.1. The van der Waals surface area contributed by atoms with Crippen molar-refractivity contribution in [3.63, 3.8) is 0 Å². The topological polar surface area (TPSA) is 95.5 Å². The number of carbonyl (C=O) groups is 3. The molecule has 25 heavy (non-hydrogen) atoms. The third kappa shape index (κ3) is 7.04. The van der Waals surface area contributed by atoms with Crippen molar-refractivity contribution < 1.29 is 23.9 Å². The van der Waals surface area contributed by atoms with Crippen LogP contribution in [0, 0.1) is 18.2 Å². The summed E-state index contributed by atoms with van der Waals surface area (Å²) >= 11 is 0. The first-order valence-corrected chi connectivity index (χ1v) is 7.82. The third-order valence-electron chi connectivity index (χ3n) is 3.50. The van der Waals surface area contributed by atoms with Gasteiger partial charge in [0.2, 0.25) is 11.8 Å². The van der Waals surface area contributed by atoms with Gasteiger partial charge in [-0.05, 0) is 24.5 Å². The van der Waals surface area contributed by atoms with Gasteiger partial charge in [0, 0.05) is 19.8 Å². The lowest BCUT2D eigenvalue weighted by molar-refractivity contribution is -0.142. The first kappa shape index (κ1) is 20.2. The summed E-state index contributed by atoms with van der Waals surface area (Å²) in [6, 6.07) is 3.66. The van der Waals surface area contributed by atoms with Gasteiger partial charge in [-0.2, -0.15) is 0 Å². The number of unbranched alkanes of at least 4 members (excludes halogenated alkanes) is 1. The van der Waals surface area contributed by atoms with Crippen LogP contribution in [-0.4, -0.2) is 35.0 Å². The highest BCUT2D eigenvalue weighted by Gasteiger charge is 2.26. The molecule has 1 rings (SSSR count). The lowest BCUT2D eigenvalue weighted by Gasteiger charge is -2.21. The van der Waals surface area contributed by atoms with Crippen molar-refractivity contribution in [1.82, 2.24) is 10.6 Å². The van der Waals surface area contributed by atoms with E-state index in [4.69, 9.17) is 6.42 Å². The Kier molecular flexibility index (Phi) is 8.13. The molecule has 0 spiro atoms. The summed E-state index contributed by atoms with van der Waals surface area (Å²) in [6.07, 6.45) is 6.03. The van der Waals surface area contributed by atoms with E-state index in [1.54, 1.807) is 6.07 Å². The van der Waals surface area contributed by atoms with Crippen LogP contribution in [0.1, 0.15) is 31.7 Å². The number of hydrogen-bond donors (Lipinski definition) is 3. The molecule has 0 aliphatic rings. The number of carboxylic acid groups (broad SMARTS) is 1. The molecule has 0 bridgehead atoms. The molecule has 0 aromatic heterocycles. The number of carbonyl (C=O) groups excluding carboxylic acids is 2. The van der Waals surface area contributed by atoms with E-state index in [0.717, 1.165) is 0 Å². The Morgan fingerprint density at radius 1 is 1.24 bits per heavy atom. The fourth-order valence-electron chi connectivity index (χ4n) is 2.28. The minimum absolute atomic E-state index is 0.0885. The summed E-state index contributed by atoms with van der Waals surface area (Å²) in [5, 5.41) is 14.0. The number of benzene rings is 1. The molecular weight excluding hydrogens is 327 g/mol. The molecule has 2 amide bonds. The van der Waals surface area contributed by atoms with Gasteiger partial charge in [0.25, 0.3) is 0 Å². The molecule has 0 heterocycles. The van der Waals surface area contributed by atoms with Crippen LogP contribution < -0.4 is 10.6 Å². The summed E-state index contributed by atoms with van der Waals surface area (Å²) in [4.78, 5) is 35.0. The van der Waals surface area contributed by atoms with Crippen molar-refractivity contribution in [2.75, 3.05) is 0 Å². The average molecular weight is 348 g/mol. The highest BCUT2D eigenvalue weighted by atomic mass is 19.1. The van der Waals surface area contributed by atoms with Gasteiger partial charge >= 0.3 is 5.97 Å². The van der Waals surface area contributed by atoms with Gasteiger partial charge in [-0.3, -0.25) is 9.59 Å². The van der Waals surface area contributed by atoms with Crippen molar-refractivity contribution >= 4 is 17.8 Å². The van der Waals surface area contributed by atoms with Crippen LogP contribution >= 0.6 is 0 Å². The number of halogens is 1. The lowest BCUT2D eigenvalue weighted by atomic mass is 10.0. The van der Waals surface area contributed by atoms with Crippen LogP contribution in [-0.2, 0) is 20.8 Å². The first-order chi connectivity index (χ1) is 11.8. The minimum atomic E-state index is -1.20. The maximum absolute atomic E-state index is 13.8. The first-order valence-electron chi connectivity index (χ1n) is 7.82. The lowest BCUT2D eigenvalue weighted by Crippen LogP contribution is -2.52. The number of hydrogen-bond acceptors (Lipinski definition) is 3. The van der Waals surface area contributed by atoms with E-state index < -0.39 is 35.7 Å². The SMILES string of the molecule is C#CCCC[C@@H](NC(=O)[C@@H](Cc1ccccc1F)NC(C)=O)C(=O)O. The Labute approximate surface area is 145 Å². The number of nitrogens with one attached hydrogen (secondary N) is 2. The minimum Gasteiger partial charge on any atom is -0.480 e. The van der Waals surface area contributed by atoms with Gasteiger partial charge in [0.1, 0.15) is 17.9 Å². The summed E-state index contributed by atoms with van der Waals surface area (Å²) < 4.78 is 13.8. The maximum atomic E-state index is 13.8. The number of amides is 2. The van der Waals surface area contributed by atoms with Crippen LogP contribution in [0.2, 0.25) is 0 Å². The van der Waals surface area contributed by atoms with Crippen molar-refractivity contribution in [2.45, 2.75) is 44.7 Å². The van der Waals surface area contributed by atoms with Crippen molar-refractivity contribution in [3.8, 4) is 12.3 Å². The summed E-state index contributed by atoms with van der Waals surface area (Å²) in [5.41, 5.74) is 0.246. The van der Waals surface area contributed by atoms with E-state index >= 15 is 0 Å². The highest BCUT2D eigenvalue weighted by molar-refractivity contribution is 5.90. The van der Waals surface area contributed by atoms with Crippen LogP contribution in [0.25, 0.3) is 0 Å². The molecule has 0 unspecified atom stereocenters. The van der Waals surface area contributed by atoms with E-state index in [2.05, 4.69) is 16.6 Å². The third-order valence-corrected chi connectivity index (χ3v) is 3.50. The predicted molar refractivity (Wildman–Crippen MR) is 90.0 cm³/mol. The molecular formula is C18H21FN2O4. The van der Waals surface area contributed by atoms with E-state index in [1.165, 1.54) is 25.1 Å². The molecule has 6 nitrogen and oxygen atoms in total. The number of terminal acetylenes is 1. The molecule has 0 saturated heterocycles. The average Bonchev–Trinajstić information content (AvgIpc) is 2.54. The standard InChI is InChI=1S/C18H21FN2O4/c1-3-4-5-10-15(18(24)25)21-17(23)16(20-12(2)22)11-13-8-6-7-9-14(13)19/h1,6-9,15-16H,4-5,10-11H2,2H3,(H,20,22)(H,21,23)(H,24,25)/t15-,16-/m1/s1. The van der Waals surface area contributed by atoms with E-state index in [-0.39, 0.29) is 18.4 Å². The Morgan fingerprint density at radius 3 is 2.48 bits per heavy atom. The van der Waals surface area contributed by atoms with Crippen LogP contribution in [0.15, 0.2) is 24.3 Å². The molecule has 0 saturated carbocycles. The number of rotatable bonds is 9. The molecule has 0 aliphatic carbocycles. The van der Waals surface area contributed by atoms with Crippen molar-refractivity contribution in [2.24, 2.45) is 0 Å². The van der Waals surface area contributed by atoms with Gasteiger partial charge in [-0.1, -0.05) is 18.2 Å². The predicted octanol–water partition coefficient (Wildman–Crippen LogP) is 1.25. The van der Waals surface area contributed by atoms with E-state index in [1.807, 2.05) is 0 Å². The largest absolute Gasteiger partial charge is 0.480 e. The quantitative estimate of drug-likeness (QED) is 0.462. The number of carboxylic acids is 1. The monoisotopic (exact) mass is 348 g/mol. The molecule has 2 atom stereocenters. The fraction of sp³-hybridized carbons (Fsp3) is 0.389. The van der Waals surface area contributed by atoms with E-state index in [9.17, 15) is 23.9 Å². The molecule has 0 radical (unpaired) electrons. The Balaban J connectivity index is 2.84. The molecule has 3 N–H and O–H groups in total. The highest BCUT2D eigenvalue weighted by Crippen LogP contribution is 2.10. The molecule has 0 fully saturated rings. The molecule has 134 valence electrons. The van der Waals surface area contributed by atoms with Crippen molar-refractivity contribution in [1.29, 1.82) is 0 Å². The van der Waals surface area contributed by atoms with Crippen LogP contribution in [0.4, 0.5) is 4.39 Å². The second-order valence-corrected chi connectivity index (χ2v) is 5.54. The van der Waals surface area contributed by atoms with Crippen LogP contribution in [0.3, 0.4) is 0 Å².